The number of amides is 1. The topological polar surface area (TPSA) is 80.5 Å². The van der Waals surface area contributed by atoms with Crippen LogP contribution in [0.2, 0.25) is 0 Å². The minimum atomic E-state index is -3.13. The molecule has 5 nitrogen and oxygen atoms in total. The van der Waals surface area contributed by atoms with E-state index in [4.69, 9.17) is 5.73 Å². The minimum absolute atomic E-state index is 0.0889. The number of carbonyl (C=O) groups excluding carboxylic acids is 1. The van der Waals surface area contributed by atoms with Gasteiger partial charge in [-0.1, -0.05) is 54.6 Å². The highest BCUT2D eigenvalue weighted by molar-refractivity contribution is 7.90. The maximum Gasteiger partial charge on any atom is 0.239 e. The van der Waals surface area contributed by atoms with Gasteiger partial charge in [0.1, 0.15) is 9.84 Å². The molecule has 0 saturated heterocycles. The fourth-order valence-corrected chi connectivity index (χ4v) is 3.32. The molecule has 0 radical (unpaired) electrons. The van der Waals surface area contributed by atoms with E-state index in [9.17, 15) is 13.2 Å². The number of hydrogen-bond donors (Lipinski definition) is 1. The Labute approximate surface area is 149 Å². The number of carbonyl (C=O) groups is 1. The van der Waals surface area contributed by atoms with Crippen LogP contribution in [0.4, 0.5) is 0 Å². The summed E-state index contributed by atoms with van der Waals surface area (Å²) in [5.74, 6) is -0.347. The van der Waals surface area contributed by atoms with Crippen molar-refractivity contribution in [2.24, 2.45) is 5.73 Å². The Balaban J connectivity index is 2.10. The summed E-state index contributed by atoms with van der Waals surface area (Å²) in [6.45, 7) is 0.413. The normalized spacial score (nSPS) is 12.6. The van der Waals surface area contributed by atoms with Gasteiger partial charge in [0.15, 0.2) is 0 Å². The molecule has 0 aliphatic rings. The molecule has 0 bridgehead atoms. The Hall–Kier alpha value is -2.18. The van der Waals surface area contributed by atoms with E-state index in [0.717, 1.165) is 22.9 Å². The molecule has 0 spiro atoms. The van der Waals surface area contributed by atoms with Crippen molar-refractivity contribution in [3.05, 3.63) is 60.2 Å². The molecule has 0 saturated carbocycles. The summed E-state index contributed by atoms with van der Waals surface area (Å²) in [6, 6.07) is 17.0. The Morgan fingerprint density at radius 1 is 1.08 bits per heavy atom. The second-order valence-electron chi connectivity index (χ2n) is 6.24. The third-order valence-corrected chi connectivity index (χ3v) is 4.98. The molecule has 2 N–H and O–H groups in total. The first-order valence-electron chi connectivity index (χ1n) is 8.09. The first-order valence-corrected chi connectivity index (χ1v) is 10.2. The molecule has 0 fully saturated rings. The number of nitrogens with two attached hydrogens (primary N) is 1. The summed E-state index contributed by atoms with van der Waals surface area (Å²) in [5, 5.41) is 0. The molecule has 0 heterocycles. The van der Waals surface area contributed by atoms with Gasteiger partial charge >= 0.3 is 0 Å². The predicted octanol–water partition coefficient (Wildman–Crippen LogP) is 2.07. The number of hydrogen-bond acceptors (Lipinski definition) is 4. The van der Waals surface area contributed by atoms with Gasteiger partial charge in [-0.05, 0) is 23.1 Å². The third-order valence-electron chi connectivity index (χ3n) is 4.00. The van der Waals surface area contributed by atoms with Crippen molar-refractivity contribution in [3.63, 3.8) is 0 Å². The average Bonchev–Trinajstić information content (AvgIpc) is 2.59. The molecule has 2 aromatic rings. The molecule has 2 aromatic carbocycles. The van der Waals surface area contributed by atoms with Crippen LogP contribution in [0.1, 0.15) is 12.0 Å². The first-order chi connectivity index (χ1) is 11.8. The summed E-state index contributed by atoms with van der Waals surface area (Å²) in [6.07, 6.45) is 1.27. The lowest BCUT2D eigenvalue weighted by molar-refractivity contribution is -0.131. The van der Waals surface area contributed by atoms with Crippen LogP contribution in [-0.4, -0.2) is 44.3 Å². The third kappa shape index (κ3) is 5.69. The van der Waals surface area contributed by atoms with E-state index in [0.29, 0.717) is 6.54 Å². The zero-order valence-corrected chi connectivity index (χ0v) is 15.4. The molecular weight excluding hydrogens is 336 g/mol. The highest BCUT2D eigenvalue weighted by Gasteiger charge is 2.20. The molecule has 134 valence electrons. The Bertz CT molecular complexity index is 820. The first kappa shape index (κ1) is 19.1. The van der Waals surface area contributed by atoms with Crippen LogP contribution in [-0.2, 0) is 21.2 Å². The molecule has 2 rings (SSSR count). The molecule has 1 unspecified atom stereocenters. The zero-order chi connectivity index (χ0) is 18.4. The Morgan fingerprint density at radius 2 is 1.68 bits per heavy atom. The molecule has 25 heavy (non-hydrogen) atoms. The largest absolute Gasteiger partial charge is 0.340 e. The quantitative estimate of drug-likeness (QED) is 0.820. The number of rotatable bonds is 7. The van der Waals surface area contributed by atoms with E-state index >= 15 is 0 Å². The van der Waals surface area contributed by atoms with Gasteiger partial charge in [-0.3, -0.25) is 4.79 Å². The summed E-state index contributed by atoms with van der Waals surface area (Å²) in [7, 11) is -1.45. The second-order valence-corrected chi connectivity index (χ2v) is 8.50. The SMILES string of the molecule is CN(Cc1ccccc1-c1ccccc1)C(=O)C(N)CCS(C)(=O)=O. The number of nitrogens with zero attached hydrogens (tertiary/aromatic N) is 1. The van der Waals surface area contributed by atoms with Gasteiger partial charge in [0.25, 0.3) is 0 Å². The van der Waals surface area contributed by atoms with Crippen molar-refractivity contribution in [1.82, 2.24) is 4.90 Å². The Morgan fingerprint density at radius 3 is 2.32 bits per heavy atom. The van der Waals surface area contributed by atoms with Crippen LogP contribution in [0.3, 0.4) is 0 Å². The summed E-state index contributed by atoms with van der Waals surface area (Å²) >= 11 is 0. The van der Waals surface area contributed by atoms with Crippen molar-refractivity contribution in [3.8, 4) is 11.1 Å². The average molecular weight is 360 g/mol. The van der Waals surface area contributed by atoms with Crippen LogP contribution in [0.5, 0.6) is 0 Å². The molecule has 6 heteroatoms. The summed E-state index contributed by atoms with van der Waals surface area (Å²) < 4.78 is 22.5. The number of sulfone groups is 1. The van der Waals surface area contributed by atoms with Crippen LogP contribution < -0.4 is 5.73 Å². The van der Waals surface area contributed by atoms with Gasteiger partial charge in [-0.2, -0.15) is 0 Å². The molecule has 0 aliphatic carbocycles. The standard InChI is InChI=1S/C19H24N2O3S/c1-21(19(22)18(20)12-13-25(2,23)24)14-16-10-6-7-11-17(16)15-8-4-3-5-9-15/h3-11,18H,12-14,20H2,1-2H3. The predicted molar refractivity (Wildman–Crippen MR) is 101 cm³/mol. The van der Waals surface area contributed by atoms with Crippen LogP contribution >= 0.6 is 0 Å². The van der Waals surface area contributed by atoms with E-state index in [1.54, 1.807) is 11.9 Å². The van der Waals surface area contributed by atoms with Crippen LogP contribution in [0.15, 0.2) is 54.6 Å². The maximum atomic E-state index is 12.4. The van der Waals surface area contributed by atoms with Crippen molar-refractivity contribution in [2.45, 2.75) is 19.0 Å². The van der Waals surface area contributed by atoms with E-state index in [1.165, 1.54) is 0 Å². The maximum absolute atomic E-state index is 12.4. The molecule has 1 amide bonds. The fraction of sp³-hybridized carbons (Fsp3) is 0.316. The minimum Gasteiger partial charge on any atom is -0.340 e. The highest BCUT2D eigenvalue weighted by atomic mass is 32.2. The molecule has 0 aromatic heterocycles. The second kappa shape index (κ2) is 8.27. The van der Waals surface area contributed by atoms with Gasteiger partial charge in [0.2, 0.25) is 5.91 Å². The van der Waals surface area contributed by atoms with Crippen molar-refractivity contribution < 1.29 is 13.2 Å². The van der Waals surface area contributed by atoms with Gasteiger partial charge < -0.3 is 10.6 Å². The van der Waals surface area contributed by atoms with E-state index in [2.05, 4.69) is 0 Å². The smallest absolute Gasteiger partial charge is 0.239 e. The Kier molecular flexibility index (Phi) is 6.33. The van der Waals surface area contributed by atoms with Crippen LogP contribution in [0, 0.1) is 0 Å². The molecular formula is C19H24N2O3S. The fourth-order valence-electron chi connectivity index (χ4n) is 2.64. The van der Waals surface area contributed by atoms with Crippen molar-refractivity contribution in [2.75, 3.05) is 19.1 Å². The van der Waals surface area contributed by atoms with Crippen molar-refractivity contribution >= 4 is 15.7 Å². The lowest BCUT2D eigenvalue weighted by atomic mass is 9.99. The highest BCUT2D eigenvalue weighted by Crippen LogP contribution is 2.24. The van der Waals surface area contributed by atoms with Gasteiger partial charge in [-0.25, -0.2) is 8.42 Å². The van der Waals surface area contributed by atoms with E-state index in [-0.39, 0.29) is 18.1 Å². The number of benzene rings is 2. The zero-order valence-electron chi connectivity index (χ0n) is 14.6. The van der Waals surface area contributed by atoms with Gasteiger partial charge in [-0.15, -0.1) is 0 Å². The van der Waals surface area contributed by atoms with Gasteiger partial charge in [0, 0.05) is 19.8 Å². The van der Waals surface area contributed by atoms with E-state index in [1.807, 2.05) is 54.6 Å². The van der Waals surface area contributed by atoms with Gasteiger partial charge in [0.05, 0.1) is 11.8 Å². The molecule has 1 atom stereocenters. The summed E-state index contributed by atoms with van der Waals surface area (Å²) in [4.78, 5) is 14.0. The lowest BCUT2D eigenvalue weighted by Crippen LogP contribution is -2.42. The lowest BCUT2D eigenvalue weighted by Gasteiger charge is -2.22. The van der Waals surface area contributed by atoms with E-state index < -0.39 is 15.9 Å². The monoisotopic (exact) mass is 360 g/mol. The van der Waals surface area contributed by atoms with Crippen LogP contribution in [0.25, 0.3) is 11.1 Å². The number of likely N-dealkylation sites (N-methyl/N-ethyl adjacent to an activating group) is 1. The molecule has 0 aliphatic heterocycles. The summed E-state index contributed by atoms with van der Waals surface area (Å²) in [5.41, 5.74) is 9.03. The van der Waals surface area contributed by atoms with Crippen molar-refractivity contribution in [1.29, 1.82) is 0 Å².